The van der Waals surface area contributed by atoms with Crippen LogP contribution in [0.5, 0.6) is 17.2 Å². The van der Waals surface area contributed by atoms with Crippen molar-refractivity contribution < 1.29 is 19.4 Å². The minimum Gasteiger partial charge on any atom is -0.490 e. The molecule has 0 unspecified atom stereocenters. The number of rotatable bonds is 8. The highest BCUT2D eigenvalue weighted by atomic mass is 16.5. The minimum atomic E-state index is -0.985. The first-order chi connectivity index (χ1) is 17.4. The summed E-state index contributed by atoms with van der Waals surface area (Å²) in [4.78, 5) is 15.1. The first kappa shape index (κ1) is 23.4. The Balaban J connectivity index is 1.19. The Bertz CT molecular complexity index is 1300. The number of carboxylic acid groups (broad SMARTS) is 1. The lowest BCUT2D eigenvalue weighted by Gasteiger charge is -2.35. The number of hydrogen-bond donors (Lipinski definition) is 2. The number of hydrogen-bond acceptors (Lipinski definition) is 5. The van der Waals surface area contributed by atoms with Gasteiger partial charge in [0.1, 0.15) is 23.4 Å². The normalized spacial score (nSPS) is 17.2. The third-order valence-corrected chi connectivity index (χ3v) is 6.57. The van der Waals surface area contributed by atoms with Crippen molar-refractivity contribution in [2.24, 2.45) is 0 Å². The van der Waals surface area contributed by atoms with Crippen LogP contribution in [0.1, 0.15) is 37.8 Å². The highest BCUT2D eigenvalue weighted by Crippen LogP contribution is 2.35. The Labute approximate surface area is 209 Å². The van der Waals surface area contributed by atoms with Crippen molar-refractivity contribution in [3.63, 3.8) is 0 Å². The summed E-state index contributed by atoms with van der Waals surface area (Å²) in [6.07, 6.45) is 5.69. The van der Waals surface area contributed by atoms with E-state index in [0.29, 0.717) is 18.6 Å². The van der Waals surface area contributed by atoms with Crippen LogP contribution in [0.2, 0.25) is 0 Å². The number of ether oxygens (including phenoxy) is 2. The van der Waals surface area contributed by atoms with Crippen molar-refractivity contribution in [3.05, 3.63) is 96.4 Å². The largest absolute Gasteiger partial charge is 0.490 e. The predicted molar refractivity (Wildman–Crippen MR) is 135 cm³/mol. The number of benzene rings is 2. The molecule has 2 heterocycles. The van der Waals surface area contributed by atoms with E-state index in [9.17, 15) is 4.79 Å². The zero-order valence-corrected chi connectivity index (χ0v) is 20.2. The Morgan fingerprint density at radius 1 is 0.972 bits per heavy atom. The molecule has 1 fully saturated rings. The lowest BCUT2D eigenvalue weighted by molar-refractivity contribution is 0.0833. The maximum absolute atomic E-state index is 10.7. The molecule has 0 spiro atoms. The summed E-state index contributed by atoms with van der Waals surface area (Å²) in [6.45, 7) is 4.37. The molecule has 8 nitrogen and oxygen atoms in total. The quantitative estimate of drug-likeness (QED) is 0.340. The van der Waals surface area contributed by atoms with Crippen LogP contribution in [-0.2, 0) is 5.41 Å². The van der Waals surface area contributed by atoms with Crippen LogP contribution < -0.4 is 14.8 Å². The van der Waals surface area contributed by atoms with Crippen molar-refractivity contribution in [3.8, 4) is 23.1 Å². The van der Waals surface area contributed by atoms with Gasteiger partial charge in [0, 0.05) is 36.7 Å². The standard InChI is InChI=1S/C28H28N4O4/c1-28(2,20-6-10-23(11-7-20)36-25-16-21(17-25)31-27(33)34)19-4-8-22(9-5-19)35-24-12-13-26(29-18-24)32-15-3-14-30-32/h3-15,18,21,25,31H,16-17H2,1-2H3,(H,33,34)/t21-,25+. The van der Waals surface area contributed by atoms with E-state index in [1.165, 1.54) is 5.56 Å². The van der Waals surface area contributed by atoms with E-state index in [2.05, 4.69) is 53.5 Å². The summed E-state index contributed by atoms with van der Waals surface area (Å²) in [5.41, 5.74) is 2.12. The molecule has 4 aromatic rings. The van der Waals surface area contributed by atoms with Gasteiger partial charge in [-0.3, -0.25) is 0 Å². The number of carbonyl (C=O) groups is 1. The summed E-state index contributed by atoms with van der Waals surface area (Å²) in [5, 5.41) is 15.4. The number of pyridine rings is 1. The average Bonchev–Trinajstić information content (AvgIpc) is 3.39. The van der Waals surface area contributed by atoms with Crippen molar-refractivity contribution in [2.75, 3.05) is 0 Å². The van der Waals surface area contributed by atoms with Crippen LogP contribution in [0.3, 0.4) is 0 Å². The van der Waals surface area contributed by atoms with Crippen molar-refractivity contribution in [1.29, 1.82) is 0 Å². The highest BCUT2D eigenvalue weighted by molar-refractivity contribution is 5.65. The molecule has 1 aliphatic carbocycles. The second kappa shape index (κ2) is 9.73. The Morgan fingerprint density at radius 2 is 1.61 bits per heavy atom. The molecule has 2 N–H and O–H groups in total. The van der Waals surface area contributed by atoms with Crippen LogP contribution in [0.15, 0.2) is 85.3 Å². The van der Waals surface area contributed by atoms with Crippen molar-refractivity contribution in [2.45, 2.75) is 44.2 Å². The van der Waals surface area contributed by atoms with Gasteiger partial charge in [0.05, 0.1) is 6.20 Å². The Kier molecular flexibility index (Phi) is 6.33. The first-order valence-electron chi connectivity index (χ1n) is 11.9. The van der Waals surface area contributed by atoms with Crippen LogP contribution in [0.4, 0.5) is 4.79 Å². The van der Waals surface area contributed by atoms with Gasteiger partial charge < -0.3 is 19.9 Å². The van der Waals surface area contributed by atoms with E-state index >= 15 is 0 Å². The third-order valence-electron chi connectivity index (χ3n) is 6.57. The van der Waals surface area contributed by atoms with E-state index in [4.69, 9.17) is 14.6 Å². The summed E-state index contributed by atoms with van der Waals surface area (Å²) in [5.74, 6) is 2.92. The van der Waals surface area contributed by atoms with E-state index in [-0.39, 0.29) is 17.6 Å². The fraction of sp³-hybridized carbons (Fsp3) is 0.250. The molecule has 36 heavy (non-hydrogen) atoms. The minimum absolute atomic E-state index is 0.0182. The molecule has 0 bridgehead atoms. The predicted octanol–water partition coefficient (Wildman–Crippen LogP) is 5.56. The highest BCUT2D eigenvalue weighted by Gasteiger charge is 2.32. The van der Waals surface area contributed by atoms with E-state index < -0.39 is 6.09 Å². The lowest BCUT2D eigenvalue weighted by Crippen LogP contribution is -2.48. The Morgan fingerprint density at radius 3 is 2.17 bits per heavy atom. The van der Waals surface area contributed by atoms with Gasteiger partial charge in [-0.15, -0.1) is 0 Å². The zero-order valence-electron chi connectivity index (χ0n) is 20.2. The first-order valence-corrected chi connectivity index (χ1v) is 11.9. The average molecular weight is 485 g/mol. The summed E-state index contributed by atoms with van der Waals surface area (Å²) >= 11 is 0. The third kappa shape index (κ3) is 5.17. The van der Waals surface area contributed by atoms with Crippen LogP contribution >= 0.6 is 0 Å². The van der Waals surface area contributed by atoms with E-state index in [0.717, 1.165) is 22.9 Å². The number of aromatic nitrogens is 3. The molecule has 0 saturated heterocycles. The summed E-state index contributed by atoms with van der Waals surface area (Å²) in [7, 11) is 0. The molecule has 1 saturated carbocycles. The van der Waals surface area contributed by atoms with Gasteiger partial charge in [0.25, 0.3) is 0 Å². The van der Waals surface area contributed by atoms with Crippen molar-refractivity contribution >= 4 is 6.09 Å². The number of nitrogens with zero attached hydrogens (tertiary/aromatic N) is 3. The second-order valence-corrected chi connectivity index (χ2v) is 9.44. The molecular weight excluding hydrogens is 456 g/mol. The van der Waals surface area contributed by atoms with Crippen LogP contribution in [0, 0.1) is 0 Å². The fourth-order valence-electron chi connectivity index (χ4n) is 4.31. The van der Waals surface area contributed by atoms with Crippen molar-refractivity contribution in [1.82, 2.24) is 20.1 Å². The van der Waals surface area contributed by atoms with Gasteiger partial charge in [-0.1, -0.05) is 38.1 Å². The number of nitrogens with one attached hydrogen (secondary N) is 1. The zero-order chi connectivity index (χ0) is 25.1. The Hall–Kier alpha value is -4.33. The summed E-state index contributed by atoms with van der Waals surface area (Å²) < 4.78 is 13.6. The molecule has 2 aromatic heterocycles. The summed E-state index contributed by atoms with van der Waals surface area (Å²) in [6, 6.07) is 21.8. The molecule has 1 aliphatic rings. The topological polar surface area (TPSA) is 98.5 Å². The SMILES string of the molecule is CC(C)(c1ccc(Oc2ccc(-n3cccn3)nc2)cc1)c1ccc(O[C@H]2C[C@@H](NC(=O)O)C2)cc1. The van der Waals surface area contributed by atoms with Gasteiger partial charge in [-0.05, 0) is 53.6 Å². The molecule has 5 rings (SSSR count). The van der Waals surface area contributed by atoms with Gasteiger partial charge in [-0.2, -0.15) is 5.10 Å². The maximum Gasteiger partial charge on any atom is 0.404 e. The molecule has 0 aliphatic heterocycles. The molecule has 0 radical (unpaired) electrons. The van der Waals surface area contributed by atoms with E-state index in [1.54, 1.807) is 17.1 Å². The van der Waals surface area contributed by atoms with Gasteiger partial charge in [-0.25, -0.2) is 14.5 Å². The number of amides is 1. The molecule has 1 amide bonds. The smallest absolute Gasteiger partial charge is 0.404 e. The molecular formula is C28H28N4O4. The van der Waals surface area contributed by atoms with E-state index in [1.807, 2.05) is 48.7 Å². The maximum atomic E-state index is 10.7. The van der Waals surface area contributed by atoms with Gasteiger partial charge in [0.15, 0.2) is 5.82 Å². The second-order valence-electron chi connectivity index (χ2n) is 9.44. The van der Waals surface area contributed by atoms with Gasteiger partial charge >= 0.3 is 6.09 Å². The molecule has 0 atom stereocenters. The van der Waals surface area contributed by atoms with Crippen LogP contribution in [-0.4, -0.2) is 38.1 Å². The fourth-order valence-corrected chi connectivity index (χ4v) is 4.31. The molecule has 2 aromatic carbocycles. The van der Waals surface area contributed by atoms with Gasteiger partial charge in [0.2, 0.25) is 0 Å². The molecule has 184 valence electrons. The van der Waals surface area contributed by atoms with Crippen LogP contribution in [0.25, 0.3) is 5.82 Å². The molecule has 8 heteroatoms. The monoisotopic (exact) mass is 484 g/mol. The lowest BCUT2D eigenvalue weighted by atomic mass is 9.78.